The average molecular weight is 301 g/mol. The van der Waals surface area contributed by atoms with Crippen LogP contribution in [0.3, 0.4) is 0 Å². The predicted octanol–water partition coefficient (Wildman–Crippen LogP) is 2.61. The molecule has 0 spiro atoms. The first kappa shape index (κ1) is 17.5. The van der Waals surface area contributed by atoms with Gasteiger partial charge in [-0.15, -0.1) is 12.4 Å². The number of nitrogens with zero attached hydrogens (tertiary/aromatic N) is 3. The van der Waals surface area contributed by atoms with Crippen LogP contribution in [0.4, 0.5) is 0 Å². The highest BCUT2D eigenvalue weighted by atomic mass is 35.5. The van der Waals surface area contributed by atoms with Crippen LogP contribution in [0.2, 0.25) is 0 Å². The zero-order valence-corrected chi connectivity index (χ0v) is 14.0. The van der Waals surface area contributed by atoms with Crippen molar-refractivity contribution < 1.29 is 0 Å². The second-order valence-electron chi connectivity index (χ2n) is 6.42. The number of aryl methyl sites for hydroxylation is 1. The van der Waals surface area contributed by atoms with Crippen molar-refractivity contribution in [3.63, 3.8) is 0 Å². The maximum atomic E-state index is 4.54. The Hall–Kier alpha value is -0.580. The van der Waals surface area contributed by atoms with E-state index in [1.54, 1.807) is 0 Å². The maximum absolute atomic E-state index is 4.54. The highest BCUT2D eigenvalue weighted by Crippen LogP contribution is 2.27. The smallest absolute Gasteiger partial charge is 0.127 e. The molecule has 0 amide bonds. The minimum atomic E-state index is 0. The SMILES string of the molecule is CCC(C)(C)CCN1CCNCC1c1nccn1C.Cl. The summed E-state index contributed by atoms with van der Waals surface area (Å²) in [6.07, 6.45) is 6.44. The molecule has 0 aromatic carbocycles. The summed E-state index contributed by atoms with van der Waals surface area (Å²) in [5.41, 5.74) is 0.442. The molecule has 0 saturated carbocycles. The Morgan fingerprint density at radius 2 is 2.20 bits per heavy atom. The van der Waals surface area contributed by atoms with Gasteiger partial charge >= 0.3 is 0 Å². The summed E-state index contributed by atoms with van der Waals surface area (Å²) >= 11 is 0. The first-order valence-corrected chi connectivity index (χ1v) is 7.45. The van der Waals surface area contributed by atoms with Gasteiger partial charge in [-0.1, -0.05) is 27.2 Å². The number of halogens is 1. The molecule has 1 saturated heterocycles. The maximum Gasteiger partial charge on any atom is 0.127 e. The van der Waals surface area contributed by atoms with Crippen molar-refractivity contribution in [3.8, 4) is 0 Å². The molecular formula is C15H29ClN4. The largest absolute Gasteiger partial charge is 0.337 e. The molecule has 20 heavy (non-hydrogen) atoms. The van der Waals surface area contributed by atoms with Crippen molar-refractivity contribution in [2.24, 2.45) is 12.5 Å². The summed E-state index contributed by atoms with van der Waals surface area (Å²) in [6.45, 7) is 11.4. The third kappa shape index (κ3) is 4.21. The number of piperazine rings is 1. The van der Waals surface area contributed by atoms with Gasteiger partial charge in [0.1, 0.15) is 5.82 Å². The van der Waals surface area contributed by atoms with Gasteiger partial charge in [-0.3, -0.25) is 4.90 Å². The van der Waals surface area contributed by atoms with Gasteiger partial charge in [-0.25, -0.2) is 4.98 Å². The van der Waals surface area contributed by atoms with Crippen molar-refractivity contribution in [3.05, 3.63) is 18.2 Å². The summed E-state index contributed by atoms with van der Waals surface area (Å²) in [5.74, 6) is 1.18. The van der Waals surface area contributed by atoms with E-state index >= 15 is 0 Å². The lowest BCUT2D eigenvalue weighted by Gasteiger charge is -2.37. The van der Waals surface area contributed by atoms with Crippen molar-refractivity contribution in [1.82, 2.24) is 19.8 Å². The summed E-state index contributed by atoms with van der Waals surface area (Å²) in [5, 5.41) is 3.50. The van der Waals surface area contributed by atoms with Gasteiger partial charge in [-0.05, 0) is 18.4 Å². The number of imidazole rings is 1. The summed E-state index contributed by atoms with van der Waals surface area (Å²) in [4.78, 5) is 7.13. The molecule has 116 valence electrons. The number of aromatic nitrogens is 2. The first-order chi connectivity index (χ1) is 9.03. The summed E-state index contributed by atoms with van der Waals surface area (Å²) in [6, 6.07) is 0.418. The quantitative estimate of drug-likeness (QED) is 0.907. The van der Waals surface area contributed by atoms with E-state index in [0.717, 1.165) is 19.6 Å². The predicted molar refractivity (Wildman–Crippen MR) is 86.3 cm³/mol. The lowest BCUT2D eigenvalue weighted by molar-refractivity contribution is 0.129. The standard InChI is InChI=1S/C15H28N4.ClH/c1-5-15(2,3)6-9-19-11-7-16-12-13(19)14-17-8-10-18(14)4;/h8,10,13,16H,5-7,9,11-12H2,1-4H3;1H. The Labute approximate surface area is 129 Å². The Morgan fingerprint density at radius 1 is 1.45 bits per heavy atom. The van der Waals surface area contributed by atoms with Gasteiger partial charge < -0.3 is 9.88 Å². The molecule has 1 N–H and O–H groups in total. The minimum absolute atomic E-state index is 0. The molecule has 1 aromatic rings. The van der Waals surface area contributed by atoms with E-state index < -0.39 is 0 Å². The van der Waals surface area contributed by atoms with Crippen molar-refractivity contribution in [2.45, 2.75) is 39.7 Å². The van der Waals surface area contributed by atoms with Crippen LogP contribution < -0.4 is 5.32 Å². The van der Waals surface area contributed by atoms with Gasteiger partial charge in [0.2, 0.25) is 0 Å². The summed E-state index contributed by atoms with van der Waals surface area (Å²) in [7, 11) is 2.09. The molecule has 1 fully saturated rings. The summed E-state index contributed by atoms with van der Waals surface area (Å²) < 4.78 is 2.15. The van der Waals surface area contributed by atoms with Crippen LogP contribution in [0.15, 0.2) is 12.4 Å². The molecular weight excluding hydrogens is 272 g/mol. The number of hydrogen-bond acceptors (Lipinski definition) is 3. The Bertz CT molecular complexity index is 402. The molecule has 1 unspecified atom stereocenters. The van der Waals surface area contributed by atoms with E-state index in [1.165, 1.54) is 25.2 Å². The lowest BCUT2D eigenvalue weighted by atomic mass is 9.86. The molecule has 4 nitrogen and oxygen atoms in total. The molecule has 5 heteroatoms. The third-order valence-electron chi connectivity index (χ3n) is 4.54. The zero-order chi connectivity index (χ0) is 13.9. The lowest BCUT2D eigenvalue weighted by Crippen LogP contribution is -2.47. The zero-order valence-electron chi connectivity index (χ0n) is 13.2. The normalized spacial score (nSPS) is 20.7. The molecule has 2 rings (SSSR count). The van der Waals surface area contributed by atoms with Gasteiger partial charge in [0, 0.05) is 39.1 Å². The fraction of sp³-hybridized carbons (Fsp3) is 0.800. The van der Waals surface area contributed by atoms with E-state index in [2.05, 4.69) is 47.6 Å². The number of hydrogen-bond donors (Lipinski definition) is 1. The van der Waals surface area contributed by atoms with Crippen LogP contribution in [-0.4, -0.2) is 40.6 Å². The number of nitrogens with one attached hydrogen (secondary N) is 1. The first-order valence-electron chi connectivity index (χ1n) is 7.45. The number of rotatable bonds is 5. The van der Waals surface area contributed by atoms with Crippen molar-refractivity contribution >= 4 is 12.4 Å². The molecule has 0 radical (unpaired) electrons. The Balaban J connectivity index is 0.00000200. The van der Waals surface area contributed by atoms with Crippen LogP contribution in [0, 0.1) is 5.41 Å². The van der Waals surface area contributed by atoms with E-state index in [1.807, 2.05) is 12.4 Å². The van der Waals surface area contributed by atoms with E-state index in [4.69, 9.17) is 0 Å². The highest BCUT2D eigenvalue weighted by molar-refractivity contribution is 5.85. The monoisotopic (exact) mass is 300 g/mol. The Kier molecular flexibility index (Phi) is 6.49. The van der Waals surface area contributed by atoms with Crippen molar-refractivity contribution in [1.29, 1.82) is 0 Å². The van der Waals surface area contributed by atoms with Crippen LogP contribution in [0.25, 0.3) is 0 Å². The van der Waals surface area contributed by atoms with Crippen LogP contribution in [0.1, 0.15) is 45.5 Å². The van der Waals surface area contributed by atoms with Gasteiger partial charge in [0.05, 0.1) is 6.04 Å². The van der Waals surface area contributed by atoms with E-state index in [0.29, 0.717) is 11.5 Å². The molecule has 2 heterocycles. The molecule has 0 bridgehead atoms. The molecule has 1 aliphatic heterocycles. The fourth-order valence-corrected chi connectivity index (χ4v) is 2.59. The van der Waals surface area contributed by atoms with Crippen LogP contribution in [-0.2, 0) is 7.05 Å². The van der Waals surface area contributed by atoms with Gasteiger partial charge in [-0.2, -0.15) is 0 Å². The fourth-order valence-electron chi connectivity index (χ4n) is 2.59. The topological polar surface area (TPSA) is 33.1 Å². The van der Waals surface area contributed by atoms with Crippen LogP contribution in [0.5, 0.6) is 0 Å². The second kappa shape index (κ2) is 7.43. The van der Waals surface area contributed by atoms with Crippen molar-refractivity contribution in [2.75, 3.05) is 26.2 Å². The molecule has 1 atom stereocenters. The average Bonchev–Trinajstić information content (AvgIpc) is 2.83. The van der Waals surface area contributed by atoms with Gasteiger partial charge in [0.15, 0.2) is 0 Å². The van der Waals surface area contributed by atoms with E-state index in [9.17, 15) is 0 Å². The molecule has 0 aliphatic carbocycles. The molecule has 1 aromatic heterocycles. The molecule has 1 aliphatic rings. The van der Waals surface area contributed by atoms with Crippen LogP contribution >= 0.6 is 12.4 Å². The highest BCUT2D eigenvalue weighted by Gasteiger charge is 2.27. The van der Waals surface area contributed by atoms with Gasteiger partial charge in [0.25, 0.3) is 0 Å². The minimum Gasteiger partial charge on any atom is -0.337 e. The van der Waals surface area contributed by atoms with E-state index in [-0.39, 0.29) is 12.4 Å². The Morgan fingerprint density at radius 3 is 2.80 bits per heavy atom. The third-order valence-corrected chi connectivity index (χ3v) is 4.54. The second-order valence-corrected chi connectivity index (χ2v) is 6.42.